The van der Waals surface area contributed by atoms with Crippen molar-refractivity contribution in [3.63, 3.8) is 0 Å². The lowest BCUT2D eigenvalue weighted by atomic mass is 9.94. The highest BCUT2D eigenvalue weighted by molar-refractivity contribution is 6.36. The Morgan fingerprint density at radius 3 is 2.12 bits per heavy atom. The van der Waals surface area contributed by atoms with Gasteiger partial charge in [-0.3, -0.25) is 4.79 Å². The molecule has 2 nitrogen and oxygen atoms in total. The van der Waals surface area contributed by atoms with Crippen molar-refractivity contribution in [2.45, 2.75) is 39.7 Å². The maximum atomic E-state index is 12.5. The fourth-order valence-electron chi connectivity index (χ4n) is 2.68. The van der Waals surface area contributed by atoms with Crippen molar-refractivity contribution in [1.29, 1.82) is 0 Å². The summed E-state index contributed by atoms with van der Waals surface area (Å²) in [5, 5.41) is 4.16. The summed E-state index contributed by atoms with van der Waals surface area (Å²) in [4.78, 5) is 12.5. The molecule has 0 heterocycles. The van der Waals surface area contributed by atoms with Gasteiger partial charge in [0.05, 0.1) is 12.5 Å². The predicted molar refractivity (Wildman–Crippen MR) is 102 cm³/mol. The average molecular weight is 364 g/mol. The van der Waals surface area contributed by atoms with Gasteiger partial charge in [-0.15, -0.1) is 0 Å². The van der Waals surface area contributed by atoms with Crippen molar-refractivity contribution in [3.05, 3.63) is 69.2 Å². The molecule has 0 radical (unpaired) electrons. The summed E-state index contributed by atoms with van der Waals surface area (Å²) in [7, 11) is 0. The third-order valence-electron chi connectivity index (χ3n) is 4.13. The van der Waals surface area contributed by atoms with Crippen LogP contribution in [0.2, 0.25) is 10.0 Å². The highest BCUT2D eigenvalue weighted by Gasteiger charge is 2.19. The van der Waals surface area contributed by atoms with Crippen LogP contribution in [0.4, 0.5) is 0 Å². The van der Waals surface area contributed by atoms with E-state index in [4.69, 9.17) is 23.2 Å². The Hall–Kier alpha value is -1.51. The maximum absolute atomic E-state index is 12.5. The molecule has 2 rings (SSSR count). The molecule has 0 unspecified atom stereocenters. The molecule has 1 atom stereocenters. The van der Waals surface area contributed by atoms with E-state index in [9.17, 15) is 4.79 Å². The number of hydrogen-bond acceptors (Lipinski definition) is 1. The Labute approximate surface area is 154 Å². The zero-order valence-electron chi connectivity index (χ0n) is 14.3. The second-order valence-corrected chi connectivity index (χ2v) is 7.08. The normalized spacial score (nSPS) is 12.2. The lowest BCUT2D eigenvalue weighted by Crippen LogP contribution is -2.33. The summed E-state index contributed by atoms with van der Waals surface area (Å²) in [6.45, 7) is 6.33. The van der Waals surface area contributed by atoms with Gasteiger partial charge >= 0.3 is 0 Å². The Balaban J connectivity index is 2.13. The molecular formula is C20H23Cl2NO. The monoisotopic (exact) mass is 363 g/mol. The highest BCUT2D eigenvalue weighted by atomic mass is 35.5. The van der Waals surface area contributed by atoms with Crippen molar-refractivity contribution in [1.82, 2.24) is 5.32 Å². The van der Waals surface area contributed by atoms with Gasteiger partial charge in [0.25, 0.3) is 0 Å². The molecule has 2 aromatic carbocycles. The molecule has 0 bridgehead atoms. The van der Waals surface area contributed by atoms with Gasteiger partial charge in [-0.1, -0.05) is 74.3 Å². The van der Waals surface area contributed by atoms with Crippen LogP contribution in [0, 0.1) is 5.92 Å². The minimum atomic E-state index is -0.0803. The number of amides is 1. The summed E-state index contributed by atoms with van der Waals surface area (Å²) in [5.74, 6) is 0.200. The van der Waals surface area contributed by atoms with Gasteiger partial charge < -0.3 is 5.32 Å². The fraction of sp³-hybridized carbons (Fsp3) is 0.350. The van der Waals surface area contributed by atoms with Crippen molar-refractivity contribution in [3.8, 4) is 0 Å². The van der Waals surface area contributed by atoms with Gasteiger partial charge in [0, 0.05) is 10.0 Å². The summed E-state index contributed by atoms with van der Waals surface area (Å²) in [6, 6.07) is 13.6. The van der Waals surface area contributed by atoms with Crippen LogP contribution in [0.1, 0.15) is 43.5 Å². The van der Waals surface area contributed by atoms with Crippen LogP contribution in [0.25, 0.3) is 0 Å². The molecule has 2 aromatic rings. The Morgan fingerprint density at radius 1 is 1.04 bits per heavy atom. The summed E-state index contributed by atoms with van der Waals surface area (Å²) >= 11 is 12.3. The van der Waals surface area contributed by atoms with E-state index in [2.05, 4.69) is 50.4 Å². The molecule has 0 fully saturated rings. The predicted octanol–water partition coefficient (Wildman–Crippen LogP) is 5.61. The number of benzene rings is 2. The van der Waals surface area contributed by atoms with Crippen LogP contribution in [-0.2, 0) is 17.6 Å². The van der Waals surface area contributed by atoms with Gasteiger partial charge in [-0.25, -0.2) is 0 Å². The number of carbonyl (C=O) groups excluding carboxylic acids is 1. The fourth-order valence-corrected chi connectivity index (χ4v) is 3.21. The second-order valence-electron chi connectivity index (χ2n) is 6.26. The number of hydrogen-bond donors (Lipinski definition) is 1. The largest absolute Gasteiger partial charge is 0.349 e. The smallest absolute Gasteiger partial charge is 0.225 e. The molecule has 0 aliphatic heterocycles. The van der Waals surface area contributed by atoms with Crippen LogP contribution in [-0.4, -0.2) is 5.91 Å². The summed E-state index contributed by atoms with van der Waals surface area (Å²) in [5.41, 5.74) is 3.07. The zero-order chi connectivity index (χ0) is 17.7. The van der Waals surface area contributed by atoms with Gasteiger partial charge in [0.15, 0.2) is 0 Å². The number of nitrogens with one attached hydrogen (secondary N) is 1. The standard InChI is InChI=1S/C20H23Cl2NO/c1-4-14-8-10-15(11-9-14)20(13(2)3)23-19(24)12-16-17(21)6-5-7-18(16)22/h5-11,13,20H,4,12H2,1-3H3,(H,23,24)/t20-/m1/s1. The van der Waals surface area contributed by atoms with E-state index >= 15 is 0 Å². The van der Waals surface area contributed by atoms with Crippen LogP contribution in [0.15, 0.2) is 42.5 Å². The number of aryl methyl sites for hydroxylation is 1. The van der Waals surface area contributed by atoms with Crippen molar-refractivity contribution in [2.75, 3.05) is 0 Å². The maximum Gasteiger partial charge on any atom is 0.225 e. The SMILES string of the molecule is CCc1ccc([C@H](NC(=O)Cc2c(Cl)cccc2Cl)C(C)C)cc1. The van der Waals surface area contributed by atoms with E-state index in [0.29, 0.717) is 15.6 Å². The molecule has 24 heavy (non-hydrogen) atoms. The molecule has 0 aliphatic rings. The second kappa shape index (κ2) is 8.55. The Bertz CT molecular complexity index is 675. The summed E-state index contributed by atoms with van der Waals surface area (Å²) in [6.07, 6.45) is 1.18. The first-order valence-corrected chi connectivity index (χ1v) is 8.99. The van der Waals surface area contributed by atoms with Crippen molar-refractivity contribution >= 4 is 29.1 Å². The Kier molecular flexibility index (Phi) is 6.70. The molecule has 0 saturated carbocycles. The topological polar surface area (TPSA) is 29.1 Å². The van der Waals surface area contributed by atoms with E-state index in [1.165, 1.54) is 5.56 Å². The van der Waals surface area contributed by atoms with E-state index in [1.807, 2.05) is 0 Å². The number of carbonyl (C=O) groups is 1. The van der Waals surface area contributed by atoms with Crippen LogP contribution >= 0.6 is 23.2 Å². The quantitative estimate of drug-likeness (QED) is 0.709. The minimum Gasteiger partial charge on any atom is -0.349 e. The lowest BCUT2D eigenvalue weighted by Gasteiger charge is -2.23. The van der Waals surface area contributed by atoms with E-state index in [-0.39, 0.29) is 24.3 Å². The lowest BCUT2D eigenvalue weighted by molar-refractivity contribution is -0.121. The van der Waals surface area contributed by atoms with Crippen LogP contribution in [0.5, 0.6) is 0 Å². The third-order valence-corrected chi connectivity index (χ3v) is 4.84. The molecule has 1 N–H and O–H groups in total. The van der Waals surface area contributed by atoms with E-state index in [1.54, 1.807) is 18.2 Å². The molecule has 0 spiro atoms. The number of halogens is 2. The minimum absolute atomic E-state index is 0.0373. The highest BCUT2D eigenvalue weighted by Crippen LogP contribution is 2.26. The molecular weight excluding hydrogens is 341 g/mol. The average Bonchev–Trinajstić information content (AvgIpc) is 2.56. The zero-order valence-corrected chi connectivity index (χ0v) is 15.8. The van der Waals surface area contributed by atoms with Crippen LogP contribution in [0.3, 0.4) is 0 Å². The van der Waals surface area contributed by atoms with Crippen molar-refractivity contribution in [2.24, 2.45) is 5.92 Å². The molecule has 0 aromatic heterocycles. The molecule has 4 heteroatoms. The van der Waals surface area contributed by atoms with Gasteiger partial charge in [0.2, 0.25) is 5.91 Å². The Morgan fingerprint density at radius 2 is 1.62 bits per heavy atom. The first-order valence-electron chi connectivity index (χ1n) is 8.23. The molecule has 1 amide bonds. The van der Waals surface area contributed by atoms with Gasteiger partial charge in [-0.05, 0) is 41.2 Å². The molecule has 0 aliphatic carbocycles. The third kappa shape index (κ3) is 4.75. The molecule has 128 valence electrons. The first kappa shape index (κ1) is 18.8. The van der Waals surface area contributed by atoms with Crippen molar-refractivity contribution < 1.29 is 4.79 Å². The van der Waals surface area contributed by atoms with Gasteiger partial charge in [0.1, 0.15) is 0 Å². The van der Waals surface area contributed by atoms with Crippen LogP contribution < -0.4 is 5.32 Å². The first-order chi connectivity index (χ1) is 11.4. The van der Waals surface area contributed by atoms with E-state index < -0.39 is 0 Å². The van der Waals surface area contributed by atoms with Gasteiger partial charge in [-0.2, -0.15) is 0 Å². The van der Waals surface area contributed by atoms with E-state index in [0.717, 1.165) is 12.0 Å². The molecule has 0 saturated heterocycles. The summed E-state index contributed by atoms with van der Waals surface area (Å²) < 4.78 is 0. The number of rotatable bonds is 6.